The normalized spacial score (nSPS) is 13.9. The van der Waals surface area contributed by atoms with Crippen molar-refractivity contribution in [2.24, 2.45) is 5.41 Å². The standard InChI is InChI=1S/C13H25N3O/c1-5-11(2)16-7-6-12(15-16)8-14-9-13(3,4)10-17/h6-7,11,14,17H,5,8-10H2,1-4H3. The lowest BCUT2D eigenvalue weighted by atomic mass is 9.95. The van der Waals surface area contributed by atoms with Gasteiger partial charge in [0.25, 0.3) is 0 Å². The van der Waals surface area contributed by atoms with Crippen molar-refractivity contribution in [1.29, 1.82) is 0 Å². The smallest absolute Gasteiger partial charge is 0.0762 e. The Morgan fingerprint density at radius 3 is 2.82 bits per heavy atom. The molecule has 0 aliphatic heterocycles. The average Bonchev–Trinajstić information content (AvgIpc) is 2.76. The highest BCUT2D eigenvalue weighted by atomic mass is 16.3. The van der Waals surface area contributed by atoms with Crippen LogP contribution in [0.4, 0.5) is 0 Å². The van der Waals surface area contributed by atoms with Gasteiger partial charge in [0.1, 0.15) is 0 Å². The van der Waals surface area contributed by atoms with E-state index in [9.17, 15) is 0 Å². The Hall–Kier alpha value is -0.870. The molecule has 0 aromatic carbocycles. The van der Waals surface area contributed by atoms with Gasteiger partial charge in [0.2, 0.25) is 0 Å². The second-order valence-corrected chi connectivity index (χ2v) is 5.47. The molecule has 2 N–H and O–H groups in total. The first kappa shape index (κ1) is 14.2. The third-order valence-corrected chi connectivity index (χ3v) is 3.04. The lowest BCUT2D eigenvalue weighted by Gasteiger charge is -2.21. The molecule has 0 bridgehead atoms. The van der Waals surface area contributed by atoms with E-state index in [4.69, 9.17) is 5.11 Å². The van der Waals surface area contributed by atoms with Crippen molar-refractivity contribution in [2.75, 3.05) is 13.2 Å². The van der Waals surface area contributed by atoms with E-state index in [1.807, 2.05) is 30.8 Å². The average molecular weight is 239 g/mol. The molecule has 1 rings (SSSR count). The number of rotatable bonds is 7. The topological polar surface area (TPSA) is 50.1 Å². The molecule has 0 spiro atoms. The maximum Gasteiger partial charge on any atom is 0.0762 e. The molecule has 1 aromatic heterocycles. The summed E-state index contributed by atoms with van der Waals surface area (Å²) in [5.41, 5.74) is 0.985. The van der Waals surface area contributed by atoms with E-state index in [1.165, 1.54) is 0 Å². The summed E-state index contributed by atoms with van der Waals surface area (Å²) in [6, 6.07) is 2.50. The fourth-order valence-corrected chi connectivity index (χ4v) is 1.49. The Bertz CT molecular complexity index is 333. The van der Waals surface area contributed by atoms with E-state index in [1.54, 1.807) is 0 Å². The van der Waals surface area contributed by atoms with E-state index in [0.29, 0.717) is 6.04 Å². The summed E-state index contributed by atoms with van der Waals surface area (Å²) in [5, 5.41) is 17.0. The maximum atomic E-state index is 9.14. The summed E-state index contributed by atoms with van der Waals surface area (Å²) in [5.74, 6) is 0. The first-order valence-corrected chi connectivity index (χ1v) is 6.34. The van der Waals surface area contributed by atoms with E-state index in [-0.39, 0.29) is 12.0 Å². The summed E-state index contributed by atoms with van der Waals surface area (Å²) >= 11 is 0. The van der Waals surface area contributed by atoms with Crippen LogP contribution < -0.4 is 5.32 Å². The van der Waals surface area contributed by atoms with E-state index in [2.05, 4.69) is 24.3 Å². The molecule has 0 amide bonds. The molecule has 0 fully saturated rings. The van der Waals surface area contributed by atoms with Crippen molar-refractivity contribution in [2.45, 2.75) is 46.7 Å². The van der Waals surface area contributed by atoms with Gasteiger partial charge in [0.15, 0.2) is 0 Å². The first-order chi connectivity index (χ1) is 7.98. The number of hydrogen-bond donors (Lipinski definition) is 2. The van der Waals surface area contributed by atoms with Crippen molar-refractivity contribution < 1.29 is 5.11 Å². The van der Waals surface area contributed by atoms with Gasteiger partial charge in [-0.05, 0) is 19.4 Å². The van der Waals surface area contributed by atoms with Crippen molar-refractivity contribution >= 4 is 0 Å². The Balaban J connectivity index is 2.40. The number of hydrogen-bond acceptors (Lipinski definition) is 3. The van der Waals surface area contributed by atoms with Crippen molar-refractivity contribution in [3.05, 3.63) is 18.0 Å². The van der Waals surface area contributed by atoms with Gasteiger partial charge in [0, 0.05) is 37.4 Å². The van der Waals surface area contributed by atoms with E-state index >= 15 is 0 Å². The van der Waals surface area contributed by atoms with Crippen LogP contribution in [0.2, 0.25) is 0 Å². The highest BCUT2D eigenvalue weighted by Crippen LogP contribution is 2.12. The highest BCUT2D eigenvalue weighted by Gasteiger charge is 2.15. The van der Waals surface area contributed by atoms with Gasteiger partial charge in [-0.2, -0.15) is 5.10 Å². The Morgan fingerprint density at radius 2 is 2.24 bits per heavy atom. The van der Waals surface area contributed by atoms with Crippen molar-refractivity contribution in [3.8, 4) is 0 Å². The molecule has 1 atom stereocenters. The van der Waals surface area contributed by atoms with Crippen LogP contribution in [0.15, 0.2) is 12.3 Å². The minimum absolute atomic E-state index is 0.0702. The Labute approximate surface area is 104 Å². The number of nitrogens with zero attached hydrogens (tertiary/aromatic N) is 2. The number of aromatic nitrogens is 2. The summed E-state index contributed by atoms with van der Waals surface area (Å²) in [7, 11) is 0. The molecule has 0 aliphatic rings. The summed E-state index contributed by atoms with van der Waals surface area (Å²) in [4.78, 5) is 0. The minimum atomic E-state index is -0.0702. The molecule has 0 saturated heterocycles. The maximum absolute atomic E-state index is 9.14. The highest BCUT2D eigenvalue weighted by molar-refractivity contribution is 4.99. The molecule has 0 radical (unpaired) electrons. The SMILES string of the molecule is CCC(C)n1ccc(CNCC(C)(C)CO)n1. The number of aliphatic hydroxyl groups excluding tert-OH is 1. The van der Waals surface area contributed by atoms with Crippen LogP contribution in [-0.4, -0.2) is 28.0 Å². The van der Waals surface area contributed by atoms with Gasteiger partial charge in [-0.1, -0.05) is 20.8 Å². The largest absolute Gasteiger partial charge is 0.396 e. The van der Waals surface area contributed by atoms with Crippen LogP contribution in [0, 0.1) is 5.41 Å². The molecule has 1 unspecified atom stereocenters. The zero-order valence-corrected chi connectivity index (χ0v) is 11.4. The van der Waals surface area contributed by atoms with Gasteiger partial charge >= 0.3 is 0 Å². The van der Waals surface area contributed by atoms with Crippen LogP contribution in [-0.2, 0) is 6.54 Å². The molecule has 4 heteroatoms. The fraction of sp³-hybridized carbons (Fsp3) is 0.769. The van der Waals surface area contributed by atoms with Gasteiger partial charge in [-0.25, -0.2) is 0 Å². The third kappa shape index (κ3) is 4.48. The molecule has 1 heterocycles. The number of nitrogens with one attached hydrogen (secondary N) is 1. The summed E-state index contributed by atoms with van der Waals surface area (Å²) < 4.78 is 2.01. The van der Waals surface area contributed by atoms with Crippen LogP contribution in [0.5, 0.6) is 0 Å². The van der Waals surface area contributed by atoms with Gasteiger partial charge in [-0.3, -0.25) is 4.68 Å². The molecular formula is C13H25N3O. The summed E-state index contributed by atoms with van der Waals surface area (Å²) in [6.45, 7) is 10.1. The summed E-state index contributed by atoms with van der Waals surface area (Å²) in [6.07, 6.45) is 3.12. The molecule has 98 valence electrons. The Morgan fingerprint density at radius 1 is 1.53 bits per heavy atom. The van der Waals surface area contributed by atoms with Crippen LogP contribution >= 0.6 is 0 Å². The predicted octanol–water partition coefficient (Wildman–Crippen LogP) is 1.96. The molecule has 17 heavy (non-hydrogen) atoms. The predicted molar refractivity (Wildman–Crippen MR) is 69.8 cm³/mol. The van der Waals surface area contributed by atoms with E-state index < -0.39 is 0 Å². The quantitative estimate of drug-likeness (QED) is 0.765. The van der Waals surface area contributed by atoms with Crippen LogP contribution in [0.25, 0.3) is 0 Å². The Kier molecular flexibility index (Phi) is 5.15. The zero-order chi connectivity index (χ0) is 12.9. The first-order valence-electron chi connectivity index (χ1n) is 6.34. The molecular weight excluding hydrogens is 214 g/mol. The zero-order valence-electron chi connectivity index (χ0n) is 11.4. The van der Waals surface area contributed by atoms with Gasteiger partial charge in [0.05, 0.1) is 5.69 Å². The molecule has 4 nitrogen and oxygen atoms in total. The van der Waals surface area contributed by atoms with Crippen LogP contribution in [0.1, 0.15) is 45.9 Å². The van der Waals surface area contributed by atoms with Crippen molar-refractivity contribution in [3.63, 3.8) is 0 Å². The molecule has 1 aromatic rings. The van der Waals surface area contributed by atoms with Gasteiger partial charge < -0.3 is 10.4 Å². The fourth-order valence-electron chi connectivity index (χ4n) is 1.49. The second kappa shape index (κ2) is 6.17. The lowest BCUT2D eigenvalue weighted by molar-refractivity contribution is 0.156. The van der Waals surface area contributed by atoms with E-state index in [0.717, 1.165) is 25.2 Å². The lowest BCUT2D eigenvalue weighted by Crippen LogP contribution is -2.32. The minimum Gasteiger partial charge on any atom is -0.396 e. The van der Waals surface area contributed by atoms with Crippen LogP contribution in [0.3, 0.4) is 0 Å². The second-order valence-electron chi connectivity index (χ2n) is 5.47. The molecule has 0 saturated carbocycles. The monoisotopic (exact) mass is 239 g/mol. The van der Waals surface area contributed by atoms with Crippen molar-refractivity contribution in [1.82, 2.24) is 15.1 Å². The molecule has 0 aliphatic carbocycles. The number of aliphatic hydroxyl groups is 1. The third-order valence-electron chi connectivity index (χ3n) is 3.04. The van der Waals surface area contributed by atoms with Gasteiger partial charge in [-0.15, -0.1) is 0 Å².